The van der Waals surface area contributed by atoms with Gasteiger partial charge in [-0.15, -0.1) is 0 Å². The fourth-order valence-corrected chi connectivity index (χ4v) is 6.76. The van der Waals surface area contributed by atoms with Gasteiger partial charge in [0, 0.05) is 37.1 Å². The van der Waals surface area contributed by atoms with Crippen LogP contribution >= 0.6 is 33.1 Å². The highest BCUT2D eigenvalue weighted by molar-refractivity contribution is 14.1. The molecule has 1 heterocycles. The number of rotatable bonds is 6. The summed E-state index contributed by atoms with van der Waals surface area (Å²) in [6.07, 6.45) is 0. The van der Waals surface area contributed by atoms with Crippen LogP contribution in [0.1, 0.15) is 36.1 Å². The minimum Gasteiger partial charge on any atom is -0.481 e. The fourth-order valence-electron chi connectivity index (χ4n) is 4.10. The summed E-state index contributed by atoms with van der Waals surface area (Å²) < 4.78 is 14.2. The minimum atomic E-state index is -0.722. The number of carbonyl (C=O) groups is 1. The molecule has 1 unspecified atom stereocenters. The first-order chi connectivity index (χ1) is 15.7. The Balaban J connectivity index is 1.50. The van der Waals surface area contributed by atoms with E-state index in [1.54, 1.807) is 0 Å². The number of aryl methyl sites for hydroxylation is 3. The number of ether oxygens (including phenoxy) is 2. The molecule has 4 aromatic rings. The first-order valence-corrected chi connectivity index (χ1v) is 13.3. The summed E-state index contributed by atoms with van der Waals surface area (Å²) in [6.45, 7) is 9.92. The van der Waals surface area contributed by atoms with E-state index in [1.165, 1.54) is 20.5 Å². The quantitative estimate of drug-likeness (QED) is 0.134. The van der Waals surface area contributed by atoms with Crippen LogP contribution in [0.25, 0.3) is 15.0 Å². The van der Waals surface area contributed by atoms with Crippen molar-refractivity contribution in [3.05, 3.63) is 91.9 Å². The number of benzene rings is 3. The Morgan fingerprint density at radius 3 is 2.24 bits per heavy atom. The van der Waals surface area contributed by atoms with Gasteiger partial charge in [0.1, 0.15) is 16.7 Å². The van der Waals surface area contributed by atoms with E-state index in [4.69, 9.17) is 9.47 Å². The molecule has 1 aromatic heterocycles. The van der Waals surface area contributed by atoms with Crippen molar-refractivity contribution in [1.82, 2.24) is 0 Å². The van der Waals surface area contributed by atoms with Crippen LogP contribution in [0, 0.1) is 24.3 Å². The summed E-state index contributed by atoms with van der Waals surface area (Å²) in [6, 6.07) is 21.0. The minimum absolute atomic E-state index is 0.0834. The summed E-state index contributed by atoms with van der Waals surface area (Å²) in [5, 5.41) is 3.68. The highest BCUT2D eigenvalue weighted by Crippen LogP contribution is 2.44. The lowest BCUT2D eigenvalue weighted by Crippen LogP contribution is -2.28. The van der Waals surface area contributed by atoms with Gasteiger partial charge < -0.3 is 9.47 Å². The van der Waals surface area contributed by atoms with Gasteiger partial charge in [-0.05, 0) is 98.2 Å². The number of carbonyl (C=O) groups excluding carboxylic acids is 1. The second kappa shape index (κ2) is 9.47. The number of halogens is 1. The second-order valence-electron chi connectivity index (χ2n) is 8.80. The van der Waals surface area contributed by atoms with Crippen molar-refractivity contribution in [1.29, 1.82) is 0 Å². The smallest absolute Gasteiger partial charge is 0.345 e. The molecule has 0 aliphatic heterocycles. The molecule has 0 amide bonds. The average Bonchev–Trinajstić information content (AvgIpc) is 3.10. The topological polar surface area (TPSA) is 35.5 Å². The van der Waals surface area contributed by atoms with Crippen molar-refractivity contribution in [3.63, 3.8) is 0 Å². The zero-order valence-electron chi connectivity index (χ0n) is 19.6. The van der Waals surface area contributed by atoms with Crippen molar-refractivity contribution < 1.29 is 14.3 Å². The maximum Gasteiger partial charge on any atom is 0.345 e. The van der Waals surface area contributed by atoms with E-state index in [0.29, 0.717) is 0 Å². The maximum atomic E-state index is 12.6. The molecule has 3 nitrogen and oxygen atoms in total. The van der Waals surface area contributed by atoms with Crippen LogP contribution in [-0.4, -0.2) is 12.6 Å². The van der Waals surface area contributed by atoms with Crippen molar-refractivity contribution in [3.8, 4) is 10.6 Å². The van der Waals surface area contributed by atoms with Crippen LogP contribution in [0.15, 0.2) is 66.0 Å². The predicted molar refractivity (Wildman–Crippen MR) is 146 cm³/mol. The Morgan fingerprint density at radius 2 is 1.58 bits per heavy atom. The molecule has 0 radical (unpaired) electrons. The summed E-state index contributed by atoms with van der Waals surface area (Å²) in [4.78, 5) is 13.9. The third-order valence-electron chi connectivity index (χ3n) is 5.77. The molecule has 33 heavy (non-hydrogen) atoms. The molecular formula is C28H28IO3S+. The molecular weight excluding hydrogens is 543 g/mol. The molecule has 0 saturated carbocycles. The maximum absolute atomic E-state index is 12.6. The summed E-state index contributed by atoms with van der Waals surface area (Å²) in [7, 11) is -0.0834. The lowest BCUT2D eigenvalue weighted by molar-refractivity contribution is -0.159. The SMILES string of the molecule is Cc1cc(-[s+]2cc(C)c3ccccc32)cc(C)c1OCC(=O)OC(C)(C)c1ccc(I)cc1. The predicted octanol–water partition coefficient (Wildman–Crippen LogP) is 7.97. The highest BCUT2D eigenvalue weighted by atomic mass is 127. The van der Waals surface area contributed by atoms with Gasteiger partial charge in [0.2, 0.25) is 0 Å². The molecule has 0 aliphatic carbocycles. The van der Waals surface area contributed by atoms with E-state index >= 15 is 0 Å². The molecule has 0 fully saturated rings. The monoisotopic (exact) mass is 571 g/mol. The van der Waals surface area contributed by atoms with Gasteiger partial charge in [-0.2, -0.15) is 0 Å². The number of esters is 1. The van der Waals surface area contributed by atoms with E-state index < -0.39 is 5.60 Å². The molecule has 0 spiro atoms. The Morgan fingerprint density at radius 1 is 0.939 bits per heavy atom. The normalized spacial score (nSPS) is 12.1. The summed E-state index contributed by atoms with van der Waals surface area (Å²) >= 11 is 2.26. The lowest BCUT2D eigenvalue weighted by Gasteiger charge is -2.26. The number of hydrogen-bond donors (Lipinski definition) is 0. The fraction of sp³-hybridized carbons (Fsp3) is 0.250. The van der Waals surface area contributed by atoms with E-state index in [2.05, 4.69) is 71.3 Å². The standard InChI is InChI=1S/C28H28IO3S/c1-18-14-23(33-17-20(3)24-8-6-7-9-25(24)33)15-19(2)27(18)31-16-26(30)32-28(4,5)21-10-12-22(29)13-11-21/h6-15,17H,16H2,1-5H3/q+1. The molecule has 170 valence electrons. The average molecular weight is 572 g/mol. The summed E-state index contributed by atoms with van der Waals surface area (Å²) in [5.74, 6) is 0.367. The molecule has 4 rings (SSSR count). The Kier molecular flexibility index (Phi) is 6.82. The molecule has 3 aromatic carbocycles. The van der Waals surface area contributed by atoms with E-state index in [-0.39, 0.29) is 23.0 Å². The van der Waals surface area contributed by atoms with Crippen LogP contribution in [0.2, 0.25) is 0 Å². The van der Waals surface area contributed by atoms with Gasteiger partial charge in [-0.3, -0.25) is 0 Å². The van der Waals surface area contributed by atoms with Crippen molar-refractivity contribution in [2.24, 2.45) is 0 Å². The van der Waals surface area contributed by atoms with E-state index in [0.717, 1.165) is 26.0 Å². The van der Waals surface area contributed by atoms with Gasteiger partial charge in [0.05, 0.1) is 0 Å². The zero-order chi connectivity index (χ0) is 23.8. The largest absolute Gasteiger partial charge is 0.481 e. The van der Waals surface area contributed by atoms with Crippen molar-refractivity contribution in [2.75, 3.05) is 6.61 Å². The first kappa shape index (κ1) is 23.8. The molecule has 1 atom stereocenters. The third kappa shape index (κ3) is 5.09. The Labute approximate surface area is 211 Å². The molecule has 0 aliphatic rings. The molecule has 5 heteroatoms. The van der Waals surface area contributed by atoms with E-state index in [9.17, 15) is 4.79 Å². The summed E-state index contributed by atoms with van der Waals surface area (Å²) in [5.41, 5.74) is 3.60. The Hall–Kier alpha value is -2.38. The van der Waals surface area contributed by atoms with Crippen LogP contribution in [0.4, 0.5) is 0 Å². The van der Waals surface area contributed by atoms with Crippen LogP contribution < -0.4 is 4.74 Å². The zero-order valence-corrected chi connectivity index (χ0v) is 22.5. The highest BCUT2D eigenvalue weighted by Gasteiger charge is 2.26. The van der Waals surface area contributed by atoms with Gasteiger partial charge in [0.25, 0.3) is 0 Å². The van der Waals surface area contributed by atoms with Crippen molar-refractivity contribution >= 4 is 49.1 Å². The number of fused-ring (bicyclic) bond motifs is 1. The number of thiophene rings is 1. The molecule has 0 saturated heterocycles. The molecule has 0 N–H and O–H groups in total. The van der Waals surface area contributed by atoms with Crippen molar-refractivity contribution in [2.45, 2.75) is 40.2 Å². The number of hydrogen-bond acceptors (Lipinski definition) is 3. The second-order valence-corrected chi connectivity index (χ2v) is 11.9. The van der Waals surface area contributed by atoms with Crippen LogP contribution in [0.5, 0.6) is 5.75 Å². The first-order valence-electron chi connectivity index (χ1n) is 10.9. The van der Waals surface area contributed by atoms with Gasteiger partial charge in [0.15, 0.2) is 16.2 Å². The van der Waals surface area contributed by atoms with E-state index in [1.807, 2.05) is 52.0 Å². The van der Waals surface area contributed by atoms with Gasteiger partial charge in [-0.25, -0.2) is 4.79 Å². The van der Waals surface area contributed by atoms with Gasteiger partial charge >= 0.3 is 5.97 Å². The Bertz CT molecular complexity index is 1300. The lowest BCUT2D eigenvalue weighted by atomic mass is 9.98. The van der Waals surface area contributed by atoms with Crippen LogP contribution in [-0.2, 0) is 15.1 Å². The van der Waals surface area contributed by atoms with Crippen LogP contribution in [0.3, 0.4) is 0 Å². The van der Waals surface area contributed by atoms with Gasteiger partial charge in [-0.1, -0.05) is 24.3 Å². The third-order valence-corrected chi connectivity index (χ3v) is 8.66. The molecule has 0 bridgehead atoms.